The molecule has 1 atom stereocenters. The highest BCUT2D eigenvalue weighted by molar-refractivity contribution is 7.89. The summed E-state index contributed by atoms with van der Waals surface area (Å²) in [6.07, 6.45) is 0.628. The Morgan fingerprint density at radius 2 is 1.70 bits per heavy atom. The first-order valence-corrected chi connectivity index (χ1v) is 8.72. The molecule has 2 aromatic rings. The van der Waals surface area contributed by atoms with Gasteiger partial charge in [-0.05, 0) is 36.2 Å². The Morgan fingerprint density at radius 1 is 1.09 bits per heavy atom. The molecule has 0 saturated carbocycles. The Morgan fingerprint density at radius 3 is 2.22 bits per heavy atom. The minimum atomic E-state index is -3.67. The van der Waals surface area contributed by atoms with Gasteiger partial charge < -0.3 is 4.74 Å². The second kappa shape index (κ2) is 7.39. The van der Waals surface area contributed by atoms with Crippen molar-refractivity contribution >= 4 is 16.0 Å². The number of hydrogen-bond acceptors (Lipinski definition) is 4. The van der Waals surface area contributed by atoms with Crippen LogP contribution in [0.4, 0.5) is 0 Å². The summed E-state index contributed by atoms with van der Waals surface area (Å²) in [5.74, 6) is -0.502. The zero-order valence-electron chi connectivity index (χ0n) is 13.0. The zero-order valence-corrected chi connectivity index (χ0v) is 13.8. The van der Waals surface area contributed by atoms with Gasteiger partial charge in [-0.1, -0.05) is 37.3 Å². The number of carbonyl (C=O) groups is 1. The number of rotatable bonds is 6. The molecule has 0 aliphatic heterocycles. The molecule has 0 saturated heterocycles. The van der Waals surface area contributed by atoms with E-state index < -0.39 is 16.0 Å². The van der Waals surface area contributed by atoms with E-state index in [1.54, 1.807) is 0 Å². The molecule has 0 amide bonds. The molecule has 0 aliphatic carbocycles. The van der Waals surface area contributed by atoms with E-state index in [1.807, 2.05) is 37.3 Å². The number of sulfonamides is 1. The molecular weight excluding hydrogens is 314 g/mol. The van der Waals surface area contributed by atoms with E-state index in [0.29, 0.717) is 12.0 Å². The number of esters is 1. The average Bonchev–Trinajstić information content (AvgIpc) is 2.60. The predicted octanol–water partition coefficient (Wildman–Crippen LogP) is 2.90. The van der Waals surface area contributed by atoms with Crippen LogP contribution >= 0.6 is 0 Å². The molecule has 122 valence electrons. The molecule has 2 rings (SSSR count). The lowest BCUT2D eigenvalue weighted by molar-refractivity contribution is 0.0600. The fourth-order valence-corrected chi connectivity index (χ4v) is 3.52. The third-order valence-electron chi connectivity index (χ3n) is 3.49. The highest BCUT2D eigenvalue weighted by atomic mass is 32.2. The lowest BCUT2D eigenvalue weighted by Crippen LogP contribution is -2.28. The van der Waals surface area contributed by atoms with Crippen molar-refractivity contribution in [2.45, 2.75) is 24.3 Å². The predicted molar refractivity (Wildman–Crippen MR) is 87.6 cm³/mol. The van der Waals surface area contributed by atoms with Crippen LogP contribution in [0.5, 0.6) is 0 Å². The normalized spacial score (nSPS) is 12.6. The number of carbonyl (C=O) groups excluding carboxylic acids is 1. The van der Waals surface area contributed by atoms with Crippen molar-refractivity contribution in [2.75, 3.05) is 7.11 Å². The summed E-state index contributed by atoms with van der Waals surface area (Å²) < 4.78 is 32.3. The lowest BCUT2D eigenvalue weighted by atomic mass is 10.1. The number of methoxy groups -OCH3 is 1. The van der Waals surface area contributed by atoms with E-state index in [9.17, 15) is 13.2 Å². The van der Waals surface area contributed by atoms with Crippen molar-refractivity contribution < 1.29 is 17.9 Å². The molecule has 0 spiro atoms. The molecule has 5 nitrogen and oxygen atoms in total. The molecule has 0 radical (unpaired) electrons. The van der Waals surface area contributed by atoms with Gasteiger partial charge in [-0.25, -0.2) is 17.9 Å². The van der Waals surface area contributed by atoms with Gasteiger partial charge in [0.15, 0.2) is 0 Å². The van der Waals surface area contributed by atoms with Gasteiger partial charge >= 0.3 is 5.97 Å². The van der Waals surface area contributed by atoms with Crippen LogP contribution in [0.3, 0.4) is 0 Å². The summed E-state index contributed by atoms with van der Waals surface area (Å²) in [5.41, 5.74) is 1.21. The third kappa shape index (κ3) is 4.18. The van der Waals surface area contributed by atoms with Gasteiger partial charge in [-0.3, -0.25) is 0 Å². The van der Waals surface area contributed by atoms with Gasteiger partial charge in [-0.2, -0.15) is 0 Å². The maximum atomic E-state index is 12.5. The van der Waals surface area contributed by atoms with Gasteiger partial charge in [0.2, 0.25) is 10.0 Å². The Balaban J connectivity index is 2.22. The average molecular weight is 333 g/mol. The smallest absolute Gasteiger partial charge is 0.337 e. The lowest BCUT2D eigenvalue weighted by Gasteiger charge is -2.17. The van der Waals surface area contributed by atoms with Crippen LogP contribution in [-0.2, 0) is 14.8 Å². The molecule has 6 heteroatoms. The Kier molecular flexibility index (Phi) is 5.52. The highest BCUT2D eigenvalue weighted by Gasteiger charge is 2.20. The van der Waals surface area contributed by atoms with Crippen LogP contribution in [0.25, 0.3) is 0 Å². The SMILES string of the molecule is CC[C@H](NS(=O)(=O)c1ccc(C(=O)OC)cc1)c1ccccc1. The summed E-state index contributed by atoms with van der Waals surface area (Å²) in [6, 6.07) is 14.8. The minimum Gasteiger partial charge on any atom is -0.465 e. The number of nitrogens with one attached hydrogen (secondary N) is 1. The van der Waals surface area contributed by atoms with Crippen molar-refractivity contribution in [3.8, 4) is 0 Å². The maximum Gasteiger partial charge on any atom is 0.337 e. The highest BCUT2D eigenvalue weighted by Crippen LogP contribution is 2.20. The van der Waals surface area contributed by atoms with Crippen molar-refractivity contribution in [2.24, 2.45) is 0 Å². The molecule has 1 N–H and O–H groups in total. The summed E-state index contributed by atoms with van der Waals surface area (Å²) in [6.45, 7) is 1.92. The first-order valence-electron chi connectivity index (χ1n) is 7.23. The van der Waals surface area contributed by atoms with Crippen LogP contribution in [0.15, 0.2) is 59.5 Å². The van der Waals surface area contributed by atoms with Crippen molar-refractivity contribution in [1.29, 1.82) is 0 Å². The van der Waals surface area contributed by atoms with E-state index in [1.165, 1.54) is 31.4 Å². The molecule has 2 aromatic carbocycles. The number of benzene rings is 2. The van der Waals surface area contributed by atoms with Gasteiger partial charge in [0.25, 0.3) is 0 Å². The Hall–Kier alpha value is -2.18. The zero-order chi connectivity index (χ0) is 16.9. The van der Waals surface area contributed by atoms with Crippen molar-refractivity contribution in [3.05, 3.63) is 65.7 Å². The number of ether oxygens (including phenoxy) is 1. The summed E-state index contributed by atoms with van der Waals surface area (Å²) in [4.78, 5) is 11.5. The topological polar surface area (TPSA) is 72.5 Å². The second-order valence-electron chi connectivity index (χ2n) is 5.01. The van der Waals surface area contributed by atoms with Crippen LogP contribution in [0.1, 0.15) is 35.3 Å². The fraction of sp³-hybridized carbons (Fsp3) is 0.235. The van der Waals surface area contributed by atoms with E-state index in [-0.39, 0.29) is 10.9 Å². The van der Waals surface area contributed by atoms with Crippen molar-refractivity contribution in [3.63, 3.8) is 0 Å². The maximum absolute atomic E-state index is 12.5. The Bertz CT molecular complexity index is 755. The molecule has 0 bridgehead atoms. The van der Waals surface area contributed by atoms with Crippen LogP contribution < -0.4 is 4.72 Å². The number of hydrogen-bond donors (Lipinski definition) is 1. The second-order valence-corrected chi connectivity index (χ2v) is 6.72. The molecule has 23 heavy (non-hydrogen) atoms. The monoisotopic (exact) mass is 333 g/mol. The summed E-state index contributed by atoms with van der Waals surface area (Å²) in [5, 5.41) is 0. The molecule has 0 aromatic heterocycles. The van der Waals surface area contributed by atoms with E-state index in [2.05, 4.69) is 9.46 Å². The third-order valence-corrected chi connectivity index (χ3v) is 4.98. The first kappa shape index (κ1) is 17.2. The van der Waals surface area contributed by atoms with Crippen LogP contribution in [0.2, 0.25) is 0 Å². The summed E-state index contributed by atoms with van der Waals surface area (Å²) >= 11 is 0. The van der Waals surface area contributed by atoms with Crippen LogP contribution in [-0.4, -0.2) is 21.5 Å². The standard InChI is InChI=1S/C17H19NO4S/c1-3-16(13-7-5-4-6-8-13)18-23(20,21)15-11-9-14(10-12-15)17(19)22-2/h4-12,16,18H,3H2,1-2H3/t16-/m0/s1. The van der Waals surface area contributed by atoms with Gasteiger partial charge in [0, 0.05) is 6.04 Å². The van der Waals surface area contributed by atoms with Gasteiger partial charge in [0.1, 0.15) is 0 Å². The van der Waals surface area contributed by atoms with E-state index in [4.69, 9.17) is 0 Å². The van der Waals surface area contributed by atoms with E-state index in [0.717, 1.165) is 5.56 Å². The quantitative estimate of drug-likeness (QED) is 0.825. The molecule has 0 fully saturated rings. The molecule has 0 heterocycles. The van der Waals surface area contributed by atoms with Gasteiger partial charge in [0.05, 0.1) is 17.6 Å². The minimum absolute atomic E-state index is 0.111. The first-order chi connectivity index (χ1) is 11.0. The summed E-state index contributed by atoms with van der Waals surface area (Å²) in [7, 11) is -2.39. The van der Waals surface area contributed by atoms with E-state index >= 15 is 0 Å². The molecule has 0 aliphatic rings. The largest absolute Gasteiger partial charge is 0.465 e. The van der Waals surface area contributed by atoms with Crippen molar-refractivity contribution in [1.82, 2.24) is 4.72 Å². The fourth-order valence-electron chi connectivity index (χ4n) is 2.22. The molecular formula is C17H19NO4S. The molecule has 0 unspecified atom stereocenters. The van der Waals surface area contributed by atoms with Crippen LogP contribution in [0, 0.1) is 0 Å². The van der Waals surface area contributed by atoms with Gasteiger partial charge in [-0.15, -0.1) is 0 Å². The Labute approximate surface area is 136 Å².